The van der Waals surface area contributed by atoms with Crippen molar-refractivity contribution in [3.8, 4) is 28.1 Å². The first-order chi connectivity index (χ1) is 17.5. The number of benzene rings is 2. The number of carboxylic acid groups (broad SMARTS) is 1. The van der Waals surface area contributed by atoms with Crippen LogP contribution in [0.5, 0.6) is 5.75 Å². The van der Waals surface area contributed by atoms with Gasteiger partial charge in [0.1, 0.15) is 23.9 Å². The quantitative estimate of drug-likeness (QED) is 0.342. The maximum atomic E-state index is 15.2. The lowest BCUT2D eigenvalue weighted by molar-refractivity contribution is -0.142. The Hall–Kier alpha value is -3.19. The van der Waals surface area contributed by atoms with E-state index < -0.39 is 5.97 Å². The minimum atomic E-state index is -0.927. The second-order valence-corrected chi connectivity index (χ2v) is 9.61. The van der Waals surface area contributed by atoms with Crippen LogP contribution < -0.4 is 4.74 Å². The number of methoxy groups -OCH3 is 1. The Morgan fingerprint density at radius 1 is 1.11 bits per heavy atom. The van der Waals surface area contributed by atoms with E-state index in [4.69, 9.17) is 19.7 Å². The van der Waals surface area contributed by atoms with E-state index in [1.807, 2.05) is 18.2 Å². The first-order valence-corrected chi connectivity index (χ1v) is 12.8. The number of hydrogen-bond donors (Lipinski definition) is 1. The predicted octanol–water partition coefficient (Wildman–Crippen LogP) is 6.22. The lowest BCUT2D eigenvalue weighted by atomic mass is 9.82. The van der Waals surface area contributed by atoms with Crippen LogP contribution in [0.1, 0.15) is 44.7 Å². The van der Waals surface area contributed by atoms with Crippen molar-refractivity contribution in [1.29, 1.82) is 0 Å². The molecular formula is C29H35FN2O4. The standard InChI is InChI=1S/C29H35FN2O4/c1-3-7-26-28(22-8-5-4-6-9-22)29(24-15-14-23(35-2)16-25(24)30)31-32(26)17-20-10-12-21(13-11-20)18-36-19-27(33)34/h4-6,8-9,14-16,20-21H,3,7,10-13,17-19H2,1-2H3,(H,33,34). The fraction of sp³-hybridized carbons (Fsp3) is 0.448. The molecule has 7 heteroatoms. The minimum absolute atomic E-state index is 0.236. The van der Waals surface area contributed by atoms with Crippen molar-refractivity contribution in [3.05, 3.63) is 60.0 Å². The highest BCUT2D eigenvalue weighted by Crippen LogP contribution is 2.38. The Balaban J connectivity index is 1.62. The molecule has 4 rings (SSSR count). The Labute approximate surface area is 212 Å². The molecule has 0 radical (unpaired) electrons. The molecule has 192 valence electrons. The van der Waals surface area contributed by atoms with E-state index in [0.29, 0.717) is 35.4 Å². The van der Waals surface area contributed by atoms with E-state index in [-0.39, 0.29) is 12.4 Å². The van der Waals surface area contributed by atoms with Gasteiger partial charge in [0, 0.05) is 29.4 Å². The maximum absolute atomic E-state index is 15.2. The summed E-state index contributed by atoms with van der Waals surface area (Å²) in [4.78, 5) is 10.7. The molecule has 1 N–H and O–H groups in total. The van der Waals surface area contributed by atoms with Crippen molar-refractivity contribution in [2.24, 2.45) is 11.8 Å². The molecule has 1 aliphatic rings. The van der Waals surface area contributed by atoms with Gasteiger partial charge in [-0.05, 0) is 61.6 Å². The fourth-order valence-electron chi connectivity index (χ4n) is 5.19. The van der Waals surface area contributed by atoms with Crippen LogP contribution >= 0.6 is 0 Å². The minimum Gasteiger partial charge on any atom is -0.497 e. The summed E-state index contributed by atoms with van der Waals surface area (Å²) < 4.78 is 27.9. The first-order valence-electron chi connectivity index (χ1n) is 12.8. The molecule has 1 heterocycles. The van der Waals surface area contributed by atoms with E-state index in [1.165, 1.54) is 13.2 Å². The number of rotatable bonds is 11. The third-order valence-corrected chi connectivity index (χ3v) is 7.01. The highest BCUT2D eigenvalue weighted by atomic mass is 19.1. The Morgan fingerprint density at radius 3 is 2.47 bits per heavy atom. The van der Waals surface area contributed by atoms with Gasteiger partial charge in [-0.1, -0.05) is 43.7 Å². The van der Waals surface area contributed by atoms with Crippen LogP contribution in [0.3, 0.4) is 0 Å². The molecule has 0 saturated heterocycles. The topological polar surface area (TPSA) is 73.6 Å². The highest BCUT2D eigenvalue weighted by molar-refractivity contribution is 5.83. The molecule has 1 saturated carbocycles. The average molecular weight is 495 g/mol. The monoisotopic (exact) mass is 494 g/mol. The fourth-order valence-corrected chi connectivity index (χ4v) is 5.19. The molecule has 0 atom stereocenters. The number of ether oxygens (including phenoxy) is 2. The van der Waals surface area contributed by atoms with Gasteiger partial charge in [-0.15, -0.1) is 0 Å². The first kappa shape index (κ1) is 25.9. The van der Waals surface area contributed by atoms with Crippen LogP contribution in [0.25, 0.3) is 22.4 Å². The lowest BCUT2D eigenvalue weighted by Gasteiger charge is -2.28. The smallest absolute Gasteiger partial charge is 0.329 e. The second-order valence-electron chi connectivity index (χ2n) is 9.61. The Morgan fingerprint density at radius 2 is 1.83 bits per heavy atom. The van der Waals surface area contributed by atoms with Gasteiger partial charge in [0.25, 0.3) is 0 Å². The average Bonchev–Trinajstić information content (AvgIpc) is 3.22. The van der Waals surface area contributed by atoms with Crippen molar-refractivity contribution in [2.75, 3.05) is 20.3 Å². The molecule has 0 bridgehead atoms. The number of carbonyl (C=O) groups is 1. The van der Waals surface area contributed by atoms with Crippen LogP contribution in [0.15, 0.2) is 48.5 Å². The van der Waals surface area contributed by atoms with Crippen LogP contribution in [0.4, 0.5) is 4.39 Å². The highest BCUT2D eigenvalue weighted by Gasteiger charge is 2.26. The zero-order valence-corrected chi connectivity index (χ0v) is 21.1. The number of aliphatic carboxylic acids is 1. The summed E-state index contributed by atoms with van der Waals surface area (Å²) in [5.74, 6) is 0.0747. The third kappa shape index (κ3) is 6.13. The van der Waals surface area contributed by atoms with Crippen molar-refractivity contribution in [1.82, 2.24) is 9.78 Å². The second kappa shape index (κ2) is 12.2. The summed E-state index contributed by atoms with van der Waals surface area (Å²) in [5, 5.41) is 13.8. The third-order valence-electron chi connectivity index (χ3n) is 7.01. The molecule has 0 aliphatic heterocycles. The van der Waals surface area contributed by atoms with Gasteiger partial charge in [-0.2, -0.15) is 5.10 Å². The van der Waals surface area contributed by atoms with Gasteiger partial charge in [0.15, 0.2) is 0 Å². The number of hydrogen-bond acceptors (Lipinski definition) is 4. The molecule has 3 aromatic rings. The van der Waals surface area contributed by atoms with E-state index in [2.05, 4.69) is 23.7 Å². The molecule has 0 amide bonds. The predicted molar refractivity (Wildman–Crippen MR) is 138 cm³/mol. The molecule has 2 aromatic carbocycles. The normalized spacial score (nSPS) is 17.8. The van der Waals surface area contributed by atoms with E-state index >= 15 is 4.39 Å². The zero-order chi connectivity index (χ0) is 25.5. The summed E-state index contributed by atoms with van der Waals surface area (Å²) in [6, 6.07) is 15.1. The SMILES string of the molecule is CCCc1c(-c2ccccc2)c(-c2ccc(OC)cc2F)nn1CC1CCC(COCC(=O)O)CC1. The van der Waals surface area contributed by atoms with E-state index in [0.717, 1.165) is 61.9 Å². The van der Waals surface area contributed by atoms with Crippen LogP contribution in [-0.4, -0.2) is 41.2 Å². The van der Waals surface area contributed by atoms with Crippen molar-refractivity contribution in [2.45, 2.75) is 52.0 Å². The molecule has 6 nitrogen and oxygen atoms in total. The van der Waals surface area contributed by atoms with Gasteiger partial charge in [-0.25, -0.2) is 9.18 Å². The summed E-state index contributed by atoms with van der Waals surface area (Å²) in [6.07, 6.45) is 5.93. The van der Waals surface area contributed by atoms with Gasteiger partial charge in [0.2, 0.25) is 0 Å². The molecule has 1 fully saturated rings. The number of carboxylic acids is 1. The van der Waals surface area contributed by atoms with Crippen LogP contribution in [0.2, 0.25) is 0 Å². The van der Waals surface area contributed by atoms with E-state index in [1.54, 1.807) is 12.1 Å². The van der Waals surface area contributed by atoms with Crippen molar-refractivity contribution in [3.63, 3.8) is 0 Å². The lowest BCUT2D eigenvalue weighted by Crippen LogP contribution is -2.23. The zero-order valence-electron chi connectivity index (χ0n) is 21.1. The Kier molecular flexibility index (Phi) is 8.75. The maximum Gasteiger partial charge on any atom is 0.329 e. The molecule has 36 heavy (non-hydrogen) atoms. The van der Waals surface area contributed by atoms with Crippen LogP contribution in [-0.2, 0) is 22.5 Å². The van der Waals surface area contributed by atoms with E-state index in [9.17, 15) is 4.79 Å². The molecule has 0 spiro atoms. The summed E-state index contributed by atoms with van der Waals surface area (Å²) in [5.41, 5.74) is 4.32. The summed E-state index contributed by atoms with van der Waals surface area (Å²) in [6.45, 7) is 3.21. The molecule has 1 aromatic heterocycles. The van der Waals surface area contributed by atoms with Gasteiger partial charge >= 0.3 is 5.97 Å². The number of halogens is 1. The van der Waals surface area contributed by atoms with Gasteiger partial charge < -0.3 is 14.6 Å². The van der Waals surface area contributed by atoms with Crippen molar-refractivity contribution < 1.29 is 23.8 Å². The molecular weight excluding hydrogens is 459 g/mol. The summed E-state index contributed by atoms with van der Waals surface area (Å²) >= 11 is 0. The Bertz CT molecular complexity index is 1150. The molecule has 0 unspecified atom stereocenters. The summed E-state index contributed by atoms with van der Waals surface area (Å²) in [7, 11) is 1.53. The largest absolute Gasteiger partial charge is 0.497 e. The number of nitrogens with zero attached hydrogens (tertiary/aromatic N) is 2. The van der Waals surface area contributed by atoms with Crippen LogP contribution in [0, 0.1) is 17.7 Å². The van der Waals surface area contributed by atoms with Gasteiger partial charge in [0.05, 0.1) is 13.7 Å². The van der Waals surface area contributed by atoms with Crippen molar-refractivity contribution >= 4 is 5.97 Å². The molecule has 1 aliphatic carbocycles. The number of aromatic nitrogens is 2. The van der Waals surface area contributed by atoms with Gasteiger partial charge in [-0.3, -0.25) is 4.68 Å².